The van der Waals surface area contributed by atoms with Crippen molar-refractivity contribution >= 4 is 32.6 Å². The van der Waals surface area contributed by atoms with E-state index in [4.69, 9.17) is 0 Å². The molecule has 4 rings (SSSR count). The Hall–Kier alpha value is -3.98. The molecule has 8 nitrogen and oxygen atoms in total. The van der Waals surface area contributed by atoms with Crippen molar-refractivity contribution in [2.24, 2.45) is 0 Å². The standard InChI is InChI=1S/C28H30N4O4S/c1-18(2)30-27(33)31-25-12-11-22(17-32(25)34)19-8-6-9-20(14-19)24-16-23(28(3,4)37(5,35)36)15-21-10-7-13-29-26(21)24/h6-18H,1-5H3,(H2,30,31,33). The molecule has 0 aliphatic carbocycles. The Bertz CT molecular complexity index is 1600. The van der Waals surface area contributed by atoms with Crippen LogP contribution in [0.2, 0.25) is 0 Å². The van der Waals surface area contributed by atoms with E-state index in [1.165, 1.54) is 12.5 Å². The minimum atomic E-state index is -3.39. The van der Waals surface area contributed by atoms with Crippen LogP contribution < -0.4 is 15.4 Å². The average molecular weight is 519 g/mol. The summed E-state index contributed by atoms with van der Waals surface area (Å²) in [5.41, 5.74) is 4.51. The van der Waals surface area contributed by atoms with Crippen molar-refractivity contribution in [3.05, 3.63) is 83.8 Å². The molecule has 0 aliphatic heterocycles. The molecule has 0 bridgehead atoms. The van der Waals surface area contributed by atoms with Gasteiger partial charge in [-0.15, -0.1) is 0 Å². The van der Waals surface area contributed by atoms with Crippen LogP contribution in [-0.2, 0) is 14.6 Å². The van der Waals surface area contributed by atoms with Crippen molar-refractivity contribution in [2.75, 3.05) is 11.6 Å². The number of fused-ring (bicyclic) bond motifs is 1. The van der Waals surface area contributed by atoms with Crippen molar-refractivity contribution in [1.82, 2.24) is 10.3 Å². The first-order chi connectivity index (χ1) is 17.4. The van der Waals surface area contributed by atoms with Gasteiger partial charge in [-0.1, -0.05) is 24.3 Å². The largest absolute Gasteiger partial charge is 0.711 e. The van der Waals surface area contributed by atoms with Gasteiger partial charge in [0.25, 0.3) is 5.82 Å². The molecule has 0 spiro atoms. The number of amides is 2. The molecule has 2 aromatic heterocycles. The van der Waals surface area contributed by atoms with E-state index < -0.39 is 20.6 Å². The fourth-order valence-corrected chi connectivity index (χ4v) is 4.55. The normalized spacial score (nSPS) is 12.1. The third-order valence-electron chi connectivity index (χ3n) is 6.41. The molecule has 0 saturated heterocycles. The smallest absolute Gasteiger partial charge is 0.406 e. The van der Waals surface area contributed by atoms with E-state index in [1.54, 1.807) is 32.2 Å². The van der Waals surface area contributed by atoms with Gasteiger partial charge in [0.2, 0.25) is 0 Å². The first-order valence-electron chi connectivity index (χ1n) is 11.9. The number of aromatic nitrogens is 2. The maximum atomic E-state index is 12.6. The Morgan fingerprint density at radius 3 is 2.41 bits per heavy atom. The number of pyridine rings is 2. The summed E-state index contributed by atoms with van der Waals surface area (Å²) in [5, 5.41) is 18.7. The van der Waals surface area contributed by atoms with Crippen molar-refractivity contribution in [2.45, 2.75) is 38.5 Å². The molecule has 0 radical (unpaired) electrons. The van der Waals surface area contributed by atoms with Crippen molar-refractivity contribution < 1.29 is 17.9 Å². The third kappa shape index (κ3) is 5.41. The first kappa shape index (κ1) is 26.1. The highest BCUT2D eigenvalue weighted by Crippen LogP contribution is 2.37. The molecule has 2 amide bonds. The molecule has 37 heavy (non-hydrogen) atoms. The number of hydrogen-bond acceptors (Lipinski definition) is 5. The van der Waals surface area contributed by atoms with Crippen molar-refractivity contribution in [1.29, 1.82) is 0 Å². The quantitative estimate of drug-likeness (QED) is 0.275. The number of carbonyl (C=O) groups is 1. The number of carbonyl (C=O) groups excluding carboxylic acids is 1. The summed E-state index contributed by atoms with van der Waals surface area (Å²) >= 11 is 0. The fourth-order valence-electron chi connectivity index (χ4n) is 4.00. The highest BCUT2D eigenvalue weighted by Gasteiger charge is 2.33. The molecule has 0 aliphatic rings. The van der Waals surface area contributed by atoms with Crippen LogP contribution in [0.25, 0.3) is 33.2 Å². The number of anilines is 1. The summed E-state index contributed by atoms with van der Waals surface area (Å²) in [6.45, 7) is 7.06. The van der Waals surface area contributed by atoms with E-state index in [9.17, 15) is 18.4 Å². The maximum Gasteiger partial charge on any atom is 0.406 e. The number of benzene rings is 2. The van der Waals surface area contributed by atoms with Crippen LogP contribution in [0.15, 0.2) is 73.1 Å². The molecule has 2 aromatic carbocycles. The Kier molecular flexibility index (Phi) is 6.92. The second kappa shape index (κ2) is 9.82. The number of nitrogens with one attached hydrogen (secondary N) is 2. The zero-order chi connectivity index (χ0) is 27.0. The number of nitrogens with zero attached hydrogens (tertiary/aromatic N) is 2. The van der Waals surface area contributed by atoms with Crippen LogP contribution in [0.1, 0.15) is 33.3 Å². The summed E-state index contributed by atoms with van der Waals surface area (Å²) in [6, 6.07) is 17.9. The highest BCUT2D eigenvalue weighted by molar-refractivity contribution is 7.91. The molecule has 0 fully saturated rings. The van der Waals surface area contributed by atoms with Crippen LogP contribution in [0.3, 0.4) is 0 Å². The lowest BCUT2D eigenvalue weighted by atomic mass is 9.92. The van der Waals surface area contributed by atoms with E-state index in [1.807, 2.05) is 62.4 Å². The molecule has 4 aromatic rings. The third-order valence-corrected chi connectivity index (χ3v) is 8.50. The molecular weight excluding hydrogens is 488 g/mol. The predicted octanol–water partition coefficient (Wildman–Crippen LogP) is 5.01. The Morgan fingerprint density at radius 2 is 1.73 bits per heavy atom. The second-order valence-corrected chi connectivity index (χ2v) is 12.4. The van der Waals surface area contributed by atoms with Gasteiger partial charge in [0.05, 0.1) is 10.3 Å². The van der Waals surface area contributed by atoms with E-state index >= 15 is 0 Å². The maximum absolute atomic E-state index is 12.6. The molecule has 9 heteroatoms. The fraction of sp³-hybridized carbons (Fsp3) is 0.250. The van der Waals surface area contributed by atoms with Crippen LogP contribution in [0, 0.1) is 5.21 Å². The van der Waals surface area contributed by atoms with Crippen LogP contribution in [0.4, 0.5) is 10.6 Å². The van der Waals surface area contributed by atoms with Gasteiger partial charge in [-0.3, -0.25) is 4.98 Å². The Morgan fingerprint density at radius 1 is 1.00 bits per heavy atom. The van der Waals surface area contributed by atoms with E-state index in [2.05, 4.69) is 15.6 Å². The van der Waals surface area contributed by atoms with Crippen LogP contribution in [0.5, 0.6) is 0 Å². The summed E-state index contributed by atoms with van der Waals surface area (Å²) in [7, 11) is -3.39. The van der Waals surface area contributed by atoms with Crippen molar-refractivity contribution in [3.63, 3.8) is 0 Å². The van der Waals surface area contributed by atoms with Gasteiger partial charge in [0.1, 0.15) is 6.20 Å². The summed E-state index contributed by atoms with van der Waals surface area (Å²) in [6.07, 6.45) is 4.35. The lowest BCUT2D eigenvalue weighted by Crippen LogP contribution is -2.39. The zero-order valence-electron chi connectivity index (χ0n) is 21.4. The van der Waals surface area contributed by atoms with Gasteiger partial charge in [-0.25, -0.2) is 17.9 Å². The Labute approximate surface area is 216 Å². The number of urea groups is 1. The number of rotatable bonds is 6. The van der Waals surface area contributed by atoms with Crippen molar-refractivity contribution in [3.8, 4) is 22.3 Å². The van der Waals surface area contributed by atoms with Gasteiger partial charge in [0.15, 0.2) is 9.84 Å². The number of sulfone groups is 1. The summed E-state index contributed by atoms with van der Waals surface area (Å²) in [5.74, 6) is 0.115. The lowest BCUT2D eigenvalue weighted by molar-refractivity contribution is -0.589. The molecule has 0 unspecified atom stereocenters. The van der Waals surface area contributed by atoms with Gasteiger partial charge < -0.3 is 10.5 Å². The predicted molar refractivity (Wildman–Crippen MR) is 147 cm³/mol. The molecule has 0 atom stereocenters. The average Bonchev–Trinajstić information content (AvgIpc) is 2.83. The van der Waals surface area contributed by atoms with E-state index in [0.717, 1.165) is 27.6 Å². The summed E-state index contributed by atoms with van der Waals surface area (Å²) in [4.78, 5) is 16.5. The monoisotopic (exact) mass is 518 g/mol. The topological polar surface area (TPSA) is 115 Å². The van der Waals surface area contributed by atoms with Crippen LogP contribution >= 0.6 is 0 Å². The van der Waals surface area contributed by atoms with Gasteiger partial charge in [0, 0.05) is 41.1 Å². The zero-order valence-corrected chi connectivity index (χ0v) is 22.3. The second-order valence-electron chi connectivity index (χ2n) is 9.84. The summed E-state index contributed by atoms with van der Waals surface area (Å²) < 4.78 is 24.7. The molecule has 2 N–H and O–H groups in total. The van der Waals surface area contributed by atoms with Gasteiger partial charge in [-0.2, -0.15) is 5.32 Å². The molecule has 0 saturated carbocycles. The minimum Gasteiger partial charge on any atom is -0.711 e. The van der Waals surface area contributed by atoms with E-state index in [0.29, 0.717) is 15.9 Å². The Balaban J connectivity index is 1.78. The van der Waals surface area contributed by atoms with Gasteiger partial charge in [-0.05, 0) is 74.7 Å². The molecular formula is C28H30N4O4S. The van der Waals surface area contributed by atoms with E-state index in [-0.39, 0.29) is 11.9 Å². The molecule has 2 heterocycles. The minimum absolute atomic E-state index is 0.0609. The first-order valence-corrected chi connectivity index (χ1v) is 13.8. The molecule has 192 valence electrons. The number of hydrogen-bond donors (Lipinski definition) is 2. The van der Waals surface area contributed by atoms with Gasteiger partial charge >= 0.3 is 6.03 Å². The highest BCUT2D eigenvalue weighted by atomic mass is 32.2. The van der Waals surface area contributed by atoms with Crippen LogP contribution in [-0.4, -0.2) is 31.7 Å². The lowest BCUT2D eigenvalue weighted by Gasteiger charge is -2.24. The SMILES string of the molecule is CC(C)NC(=O)Nc1ccc(-c2cccc(-c3cc(C(C)(C)S(C)(=O)=O)cc4cccnc34)c2)c[n+]1[O-].